The monoisotopic (exact) mass is 643 g/mol. The van der Waals surface area contributed by atoms with Crippen molar-refractivity contribution in [1.82, 2.24) is 15.0 Å². The number of aromatic amines is 2. The minimum atomic E-state index is -0.261. The highest BCUT2D eigenvalue weighted by Gasteiger charge is 2.39. The summed E-state index contributed by atoms with van der Waals surface area (Å²) in [4.78, 5) is 47.5. The van der Waals surface area contributed by atoms with E-state index in [9.17, 15) is 9.59 Å². The molecular formula is C39H41N5O4. The number of aromatic nitrogens is 3. The summed E-state index contributed by atoms with van der Waals surface area (Å²) in [5, 5.41) is 1.85. The van der Waals surface area contributed by atoms with Crippen molar-refractivity contribution in [2.45, 2.75) is 72.8 Å². The van der Waals surface area contributed by atoms with Crippen molar-refractivity contribution < 1.29 is 19.1 Å². The average molecular weight is 644 g/mol. The maximum Gasteiger partial charge on any atom is 0.305 e. The van der Waals surface area contributed by atoms with E-state index >= 15 is 0 Å². The average Bonchev–Trinajstić information content (AvgIpc) is 3.78. The topological polar surface area (TPSA) is 122 Å². The first-order chi connectivity index (χ1) is 23.1. The zero-order valence-corrected chi connectivity index (χ0v) is 28.6. The Morgan fingerprint density at radius 3 is 2.29 bits per heavy atom. The molecule has 2 unspecified atom stereocenters. The molecule has 0 saturated heterocycles. The molecule has 48 heavy (non-hydrogen) atoms. The van der Waals surface area contributed by atoms with Gasteiger partial charge in [-0.15, -0.1) is 0 Å². The van der Waals surface area contributed by atoms with Gasteiger partial charge in [0.05, 0.1) is 43.1 Å². The van der Waals surface area contributed by atoms with E-state index in [2.05, 4.69) is 75.0 Å². The summed E-state index contributed by atoms with van der Waals surface area (Å²) in [5.41, 5.74) is 15.6. The van der Waals surface area contributed by atoms with Gasteiger partial charge in [-0.3, -0.25) is 24.6 Å². The number of aryl methyl sites for hydroxylation is 1. The van der Waals surface area contributed by atoms with Gasteiger partial charge in [0.25, 0.3) is 0 Å². The molecule has 3 aromatic heterocycles. The largest absolute Gasteiger partial charge is 0.469 e. The Labute approximate surface area is 280 Å². The zero-order chi connectivity index (χ0) is 33.9. The van der Waals surface area contributed by atoms with Gasteiger partial charge in [0.1, 0.15) is 0 Å². The zero-order valence-electron chi connectivity index (χ0n) is 28.6. The van der Waals surface area contributed by atoms with Crippen LogP contribution in [0.4, 0.5) is 0 Å². The molecule has 0 spiro atoms. The van der Waals surface area contributed by atoms with Gasteiger partial charge in [0.15, 0.2) is 0 Å². The van der Waals surface area contributed by atoms with Crippen molar-refractivity contribution in [1.29, 1.82) is 0 Å². The SMILES string of the molecule is CCC1=C(C)C2=NC1C1C=Cc3ncc(C)c4c3C1=N/C4=C\c1[nH]c(c(CCC(=O)OC)c1C)/C=c1\[nH]c(c(C)c1CCC(=O)OC)=C2. The molecule has 7 rings (SSSR count). The van der Waals surface area contributed by atoms with Crippen LogP contribution in [-0.4, -0.2) is 58.6 Å². The van der Waals surface area contributed by atoms with Crippen LogP contribution in [0.2, 0.25) is 0 Å². The van der Waals surface area contributed by atoms with Crippen molar-refractivity contribution >= 4 is 53.4 Å². The van der Waals surface area contributed by atoms with Crippen molar-refractivity contribution in [3.63, 3.8) is 0 Å². The molecule has 2 N–H and O–H groups in total. The summed E-state index contributed by atoms with van der Waals surface area (Å²) in [6.45, 7) is 10.6. The molecule has 3 aromatic rings. The van der Waals surface area contributed by atoms with E-state index in [0.717, 1.165) is 90.3 Å². The molecule has 3 aliphatic heterocycles. The number of nitrogens with one attached hydrogen (secondary N) is 2. The van der Waals surface area contributed by atoms with Gasteiger partial charge in [-0.05, 0) is 110 Å². The van der Waals surface area contributed by atoms with Crippen molar-refractivity contribution in [2.24, 2.45) is 15.9 Å². The summed E-state index contributed by atoms with van der Waals surface area (Å²) < 4.78 is 10.00. The summed E-state index contributed by atoms with van der Waals surface area (Å²) >= 11 is 0. The van der Waals surface area contributed by atoms with Crippen LogP contribution < -0.4 is 10.7 Å². The smallest absolute Gasteiger partial charge is 0.305 e. The molecule has 0 saturated carbocycles. The molecule has 0 amide bonds. The molecule has 2 atom stereocenters. The molecule has 246 valence electrons. The van der Waals surface area contributed by atoms with E-state index in [4.69, 9.17) is 24.4 Å². The van der Waals surface area contributed by atoms with Crippen LogP contribution in [0, 0.1) is 26.7 Å². The first kappa shape index (κ1) is 31.5. The molecule has 0 aromatic carbocycles. The lowest BCUT2D eigenvalue weighted by molar-refractivity contribution is -0.141. The molecule has 9 nitrogen and oxygen atoms in total. The van der Waals surface area contributed by atoms with Crippen LogP contribution in [-0.2, 0) is 31.9 Å². The highest BCUT2D eigenvalue weighted by molar-refractivity contribution is 6.23. The predicted molar refractivity (Wildman–Crippen MR) is 189 cm³/mol. The van der Waals surface area contributed by atoms with E-state index in [1.807, 2.05) is 6.20 Å². The number of carbonyl (C=O) groups excluding carboxylic acids is 2. The second-order valence-corrected chi connectivity index (χ2v) is 13.0. The molecule has 8 bridgehead atoms. The summed E-state index contributed by atoms with van der Waals surface area (Å²) in [6, 6.07) is -0.0751. The molecule has 6 heterocycles. The number of hydrogen-bond acceptors (Lipinski definition) is 7. The fraction of sp³-hybridized carbons (Fsp3) is 0.359. The Morgan fingerprint density at radius 2 is 1.58 bits per heavy atom. The minimum Gasteiger partial charge on any atom is -0.469 e. The highest BCUT2D eigenvalue weighted by atomic mass is 16.5. The van der Waals surface area contributed by atoms with Crippen LogP contribution in [0.1, 0.15) is 89.1 Å². The number of ether oxygens (including phenoxy) is 2. The Balaban J connectivity index is 1.53. The third-order valence-electron chi connectivity index (χ3n) is 10.4. The number of fused-ring (bicyclic) bond motifs is 8. The second kappa shape index (κ2) is 12.2. The summed E-state index contributed by atoms with van der Waals surface area (Å²) in [5.74, 6) is -0.549. The fourth-order valence-corrected chi connectivity index (χ4v) is 7.71. The maximum absolute atomic E-state index is 12.3. The Hall–Kier alpha value is -5.05. The number of esters is 2. The van der Waals surface area contributed by atoms with E-state index < -0.39 is 0 Å². The number of aliphatic imine (C=N–C) groups is 2. The lowest BCUT2D eigenvalue weighted by Gasteiger charge is -2.25. The molecule has 1 aliphatic carbocycles. The van der Waals surface area contributed by atoms with E-state index in [1.54, 1.807) is 0 Å². The fourth-order valence-electron chi connectivity index (χ4n) is 7.71. The lowest BCUT2D eigenvalue weighted by Crippen LogP contribution is -2.29. The highest BCUT2D eigenvalue weighted by Crippen LogP contribution is 2.43. The first-order valence-corrected chi connectivity index (χ1v) is 16.7. The summed E-state index contributed by atoms with van der Waals surface area (Å²) in [7, 11) is 2.83. The maximum atomic E-state index is 12.3. The number of nitrogens with zero attached hydrogens (tertiary/aromatic N) is 3. The number of methoxy groups -OCH3 is 2. The minimum absolute atomic E-state index is 0.0328. The second-order valence-electron chi connectivity index (χ2n) is 13.0. The number of H-pyrrole nitrogens is 2. The van der Waals surface area contributed by atoms with Gasteiger partial charge >= 0.3 is 11.9 Å². The van der Waals surface area contributed by atoms with Crippen molar-refractivity contribution in [2.75, 3.05) is 14.2 Å². The molecule has 4 aliphatic rings. The molecule has 0 radical (unpaired) electrons. The lowest BCUT2D eigenvalue weighted by atomic mass is 9.80. The quantitative estimate of drug-likeness (QED) is 0.352. The number of carbonyl (C=O) groups is 2. The van der Waals surface area contributed by atoms with Crippen LogP contribution in [0.25, 0.3) is 30.0 Å². The molecule has 9 heteroatoms. The van der Waals surface area contributed by atoms with Gasteiger partial charge in [-0.1, -0.05) is 13.0 Å². The van der Waals surface area contributed by atoms with E-state index in [0.29, 0.717) is 12.8 Å². The van der Waals surface area contributed by atoms with Gasteiger partial charge < -0.3 is 19.4 Å². The van der Waals surface area contributed by atoms with Crippen molar-refractivity contribution in [3.05, 3.63) is 90.1 Å². The standard InChI is InChI=1S/C39H41N5O4/c1-8-23-20(3)30-15-28-21(4)24(10-13-34(45)47-6)31(41-28)17-32-25(11-14-35(46)48-7)22(5)29(42-32)16-33-36-19(2)18-40-27-12-9-26(38(23)43-30)39(44-33)37(27)36/h9,12,15-18,26,38,41-42H,8,10-11,13-14H2,1-7H3/b28-15?,31-17-,33-16-. The predicted octanol–water partition coefficient (Wildman–Crippen LogP) is 4.99. The van der Waals surface area contributed by atoms with Gasteiger partial charge in [-0.2, -0.15) is 0 Å². The van der Waals surface area contributed by atoms with Gasteiger partial charge in [-0.25, -0.2) is 0 Å². The third-order valence-corrected chi connectivity index (χ3v) is 10.4. The third kappa shape index (κ3) is 5.12. The first-order valence-electron chi connectivity index (χ1n) is 16.7. The van der Waals surface area contributed by atoms with E-state index in [-0.39, 0.29) is 36.7 Å². The number of rotatable bonds is 7. The molecular weight excluding hydrogens is 602 g/mol. The van der Waals surface area contributed by atoms with Gasteiger partial charge in [0, 0.05) is 58.2 Å². The van der Waals surface area contributed by atoms with Crippen LogP contribution >= 0.6 is 0 Å². The van der Waals surface area contributed by atoms with Crippen LogP contribution in [0.3, 0.4) is 0 Å². The van der Waals surface area contributed by atoms with E-state index in [1.165, 1.54) is 25.4 Å². The molecule has 0 fully saturated rings. The summed E-state index contributed by atoms with van der Waals surface area (Å²) in [6.07, 6.45) is 15.1. The number of hydrogen-bond donors (Lipinski definition) is 2. The Bertz CT molecular complexity index is 2190. The Kier molecular flexibility index (Phi) is 8.01. The van der Waals surface area contributed by atoms with Crippen molar-refractivity contribution in [3.8, 4) is 0 Å². The number of pyridine rings is 1. The van der Waals surface area contributed by atoms with Crippen LogP contribution in [0.15, 0.2) is 33.4 Å². The Morgan fingerprint density at radius 1 is 0.854 bits per heavy atom. The normalized spacial score (nSPS) is 20.4. The van der Waals surface area contributed by atoms with Crippen LogP contribution in [0.5, 0.6) is 0 Å². The number of allylic oxidation sites excluding steroid dienone is 1. The van der Waals surface area contributed by atoms with Gasteiger partial charge in [0.2, 0.25) is 0 Å².